The summed E-state index contributed by atoms with van der Waals surface area (Å²) in [6.45, 7) is 1.93. The van der Waals surface area contributed by atoms with Crippen LogP contribution in [0.2, 0.25) is 0 Å². The van der Waals surface area contributed by atoms with Gasteiger partial charge in [-0.1, -0.05) is 48.0 Å². The molecule has 1 saturated heterocycles. The van der Waals surface area contributed by atoms with Gasteiger partial charge in [-0.2, -0.15) is 0 Å². The van der Waals surface area contributed by atoms with Gasteiger partial charge >= 0.3 is 5.91 Å². The minimum Gasteiger partial charge on any atom is -0.378 e. The second-order valence-electron chi connectivity index (χ2n) is 8.17. The molecule has 0 aliphatic carbocycles. The van der Waals surface area contributed by atoms with Crippen LogP contribution in [0.15, 0.2) is 78.9 Å². The van der Waals surface area contributed by atoms with E-state index < -0.39 is 6.04 Å². The second kappa shape index (κ2) is 9.06. The molecule has 3 aromatic rings. The minimum atomic E-state index is -0.734. The molecule has 2 N–H and O–H groups in total. The third-order valence-corrected chi connectivity index (χ3v) is 5.54. The highest BCUT2D eigenvalue weighted by Crippen LogP contribution is 2.25. The van der Waals surface area contributed by atoms with E-state index in [2.05, 4.69) is 10.7 Å². The maximum atomic E-state index is 12.9. The number of benzene rings is 3. The lowest BCUT2D eigenvalue weighted by atomic mass is 9.99. The van der Waals surface area contributed by atoms with Crippen molar-refractivity contribution in [1.82, 2.24) is 10.7 Å². The van der Waals surface area contributed by atoms with Crippen molar-refractivity contribution in [3.63, 3.8) is 0 Å². The summed E-state index contributed by atoms with van der Waals surface area (Å²) < 4.78 is 1.78. The Bertz CT molecular complexity index is 1150. The third kappa shape index (κ3) is 4.54. The maximum Gasteiger partial charge on any atom is 0.304 e. The summed E-state index contributed by atoms with van der Waals surface area (Å²) >= 11 is 0. The van der Waals surface area contributed by atoms with Crippen molar-refractivity contribution >= 4 is 23.7 Å². The van der Waals surface area contributed by atoms with E-state index in [0.29, 0.717) is 5.56 Å². The highest BCUT2D eigenvalue weighted by molar-refractivity contribution is 5.98. The van der Waals surface area contributed by atoms with E-state index in [0.717, 1.165) is 22.4 Å². The molecule has 2 amide bonds. The summed E-state index contributed by atoms with van der Waals surface area (Å²) in [6, 6.07) is 24.0. The molecule has 2 atom stereocenters. The largest absolute Gasteiger partial charge is 0.378 e. The van der Waals surface area contributed by atoms with Crippen LogP contribution in [-0.2, 0) is 4.79 Å². The van der Waals surface area contributed by atoms with Crippen molar-refractivity contribution in [3.05, 3.63) is 101 Å². The van der Waals surface area contributed by atoms with Crippen LogP contribution in [0.25, 0.3) is 0 Å². The van der Waals surface area contributed by atoms with Gasteiger partial charge in [0.15, 0.2) is 6.04 Å². The number of hydrogen-bond acceptors (Lipinski definition) is 3. The lowest BCUT2D eigenvalue weighted by molar-refractivity contribution is -0.596. The van der Waals surface area contributed by atoms with Crippen LogP contribution in [0.3, 0.4) is 0 Å². The summed E-state index contributed by atoms with van der Waals surface area (Å²) in [5, 5.41) is 2.94. The Morgan fingerprint density at radius 1 is 1.00 bits per heavy atom. The van der Waals surface area contributed by atoms with Crippen LogP contribution >= 0.6 is 0 Å². The van der Waals surface area contributed by atoms with Gasteiger partial charge in [0.25, 0.3) is 5.91 Å². The molecule has 0 saturated carbocycles. The number of hydrazine groups is 1. The van der Waals surface area contributed by atoms with E-state index in [-0.39, 0.29) is 17.9 Å². The van der Waals surface area contributed by atoms with Crippen molar-refractivity contribution in [2.75, 3.05) is 19.0 Å². The van der Waals surface area contributed by atoms with Crippen molar-refractivity contribution in [3.8, 4) is 0 Å². The first-order valence-corrected chi connectivity index (χ1v) is 10.6. The molecule has 1 heterocycles. The van der Waals surface area contributed by atoms with Gasteiger partial charge in [0.05, 0.1) is 0 Å². The van der Waals surface area contributed by atoms with E-state index in [1.54, 1.807) is 10.8 Å². The fraction of sp³-hybridized carbons (Fsp3) is 0.192. The first-order valence-electron chi connectivity index (χ1n) is 10.6. The molecule has 162 valence electrons. The smallest absolute Gasteiger partial charge is 0.304 e. The average Bonchev–Trinajstić information content (AvgIpc) is 3.09. The molecule has 0 radical (unpaired) electrons. The number of carbonyl (C=O) groups excluding carboxylic acids is 2. The van der Waals surface area contributed by atoms with Gasteiger partial charge in [-0.25, -0.2) is 0 Å². The monoisotopic (exact) mass is 427 g/mol. The Labute approximate surface area is 188 Å². The zero-order chi connectivity index (χ0) is 22.7. The van der Waals surface area contributed by atoms with Gasteiger partial charge in [0.2, 0.25) is 12.3 Å². The Hall–Kier alpha value is -3.93. The predicted molar refractivity (Wildman–Crippen MR) is 126 cm³/mol. The standard InChI is InChI=1S/C26H26N4O2/c1-18-8-7-11-21(16-18)25(31)27-23-24(20-9-5-4-6-10-20)30(28-26(23)32)17-19-12-14-22(15-13-19)29(2)3/h4-17,23-24H,1-3H3,(H-,27,28,31,32)/p+1/t23-,24+/m1/s1. The van der Waals surface area contributed by atoms with Crippen LogP contribution < -0.4 is 15.6 Å². The predicted octanol–water partition coefficient (Wildman–Crippen LogP) is 3.08. The number of amides is 2. The number of nitrogens with zero attached hydrogens (tertiary/aromatic N) is 2. The normalized spacial score (nSPS) is 19.0. The number of hydrogen-bond donors (Lipinski definition) is 2. The molecular formula is C26H27N4O2+. The molecule has 0 bridgehead atoms. The highest BCUT2D eigenvalue weighted by atomic mass is 16.2. The van der Waals surface area contributed by atoms with Crippen molar-refractivity contribution in [1.29, 1.82) is 0 Å². The number of hydrazone groups is 1. The third-order valence-electron chi connectivity index (χ3n) is 5.54. The van der Waals surface area contributed by atoms with Crippen molar-refractivity contribution < 1.29 is 14.3 Å². The molecular weight excluding hydrogens is 400 g/mol. The topological polar surface area (TPSA) is 64.5 Å². The van der Waals surface area contributed by atoms with Gasteiger partial charge in [-0.15, -0.1) is 10.1 Å². The summed E-state index contributed by atoms with van der Waals surface area (Å²) in [6.07, 6.45) is 1.90. The van der Waals surface area contributed by atoms with E-state index in [4.69, 9.17) is 0 Å². The quantitative estimate of drug-likeness (QED) is 0.615. The number of rotatable bonds is 5. The fourth-order valence-electron chi connectivity index (χ4n) is 3.86. The average molecular weight is 428 g/mol. The molecule has 6 nitrogen and oxygen atoms in total. The van der Waals surface area contributed by atoms with Crippen molar-refractivity contribution in [2.45, 2.75) is 19.0 Å². The van der Waals surface area contributed by atoms with Crippen molar-refractivity contribution in [2.24, 2.45) is 0 Å². The molecule has 3 aromatic carbocycles. The molecule has 1 aliphatic heterocycles. The summed E-state index contributed by atoms with van der Waals surface area (Å²) in [5.41, 5.74) is 7.42. The zero-order valence-electron chi connectivity index (χ0n) is 18.4. The SMILES string of the molecule is Cc1cccc(C(=O)N[C@H]2C(=O)N/[N+](=C\c3ccc(N(C)C)cc3)[C@H]2c2ccccc2)c1. The summed E-state index contributed by atoms with van der Waals surface area (Å²) in [7, 11) is 3.98. The Morgan fingerprint density at radius 2 is 1.72 bits per heavy atom. The molecule has 4 rings (SSSR count). The highest BCUT2D eigenvalue weighted by Gasteiger charge is 2.47. The number of aryl methyl sites for hydroxylation is 1. The summed E-state index contributed by atoms with van der Waals surface area (Å²) in [5.74, 6) is -0.520. The van der Waals surface area contributed by atoms with Crippen LogP contribution in [0, 0.1) is 6.92 Å². The molecule has 1 aliphatic rings. The first-order chi connectivity index (χ1) is 15.4. The number of anilines is 1. The maximum absolute atomic E-state index is 12.9. The van der Waals surface area contributed by atoms with Gasteiger partial charge < -0.3 is 10.2 Å². The zero-order valence-corrected chi connectivity index (χ0v) is 18.4. The van der Waals surface area contributed by atoms with E-state index >= 15 is 0 Å². The van der Waals surface area contributed by atoms with Crippen LogP contribution in [-0.4, -0.2) is 42.9 Å². The fourth-order valence-corrected chi connectivity index (χ4v) is 3.86. The van der Waals surface area contributed by atoms with E-state index in [9.17, 15) is 9.59 Å². The molecule has 0 aromatic heterocycles. The Balaban J connectivity index is 1.67. The van der Waals surface area contributed by atoms with Crippen LogP contribution in [0.4, 0.5) is 5.69 Å². The van der Waals surface area contributed by atoms with Gasteiger partial charge in [0, 0.05) is 36.5 Å². The van der Waals surface area contributed by atoms with E-state index in [1.165, 1.54) is 0 Å². The lowest BCUT2D eigenvalue weighted by Crippen LogP contribution is -2.42. The molecule has 0 unspecified atom stereocenters. The number of nitrogens with one attached hydrogen (secondary N) is 2. The number of carbonyl (C=O) groups is 2. The lowest BCUT2D eigenvalue weighted by Gasteiger charge is -2.15. The van der Waals surface area contributed by atoms with Crippen LogP contribution in [0.5, 0.6) is 0 Å². The molecule has 6 heteroatoms. The summed E-state index contributed by atoms with van der Waals surface area (Å²) in [4.78, 5) is 27.9. The van der Waals surface area contributed by atoms with Crippen LogP contribution in [0.1, 0.15) is 33.1 Å². The second-order valence-corrected chi connectivity index (χ2v) is 8.17. The molecule has 32 heavy (non-hydrogen) atoms. The van der Waals surface area contributed by atoms with E-state index in [1.807, 2.05) is 105 Å². The Kier molecular flexibility index (Phi) is 6.03. The minimum absolute atomic E-state index is 0.249. The molecule has 0 spiro atoms. The first kappa shape index (κ1) is 21.3. The van der Waals surface area contributed by atoms with Gasteiger partial charge in [-0.3, -0.25) is 9.59 Å². The van der Waals surface area contributed by atoms with Gasteiger partial charge in [0.1, 0.15) is 0 Å². The van der Waals surface area contributed by atoms with Gasteiger partial charge in [-0.05, 0) is 43.3 Å². The molecule has 1 fully saturated rings. The Morgan fingerprint density at radius 3 is 2.38 bits per heavy atom.